The number of ether oxygens (including phenoxy) is 1. The van der Waals surface area contributed by atoms with Gasteiger partial charge in [-0.25, -0.2) is 14.2 Å². The lowest BCUT2D eigenvalue weighted by molar-refractivity contribution is -0.122. The Bertz CT molecular complexity index is 1550. The number of aryl methyl sites for hydroxylation is 1. The minimum absolute atomic E-state index is 0.194. The maximum absolute atomic E-state index is 13.7. The third kappa shape index (κ3) is 5.39. The Kier molecular flexibility index (Phi) is 7.67. The molecule has 0 spiro atoms. The van der Waals surface area contributed by atoms with Crippen LogP contribution in [0.3, 0.4) is 0 Å². The number of thiocarbonyl (C=S) groups is 1. The molecule has 0 saturated carbocycles. The largest absolute Gasteiger partial charge is 0.450 e. The van der Waals surface area contributed by atoms with E-state index in [0.29, 0.717) is 53.5 Å². The van der Waals surface area contributed by atoms with Crippen molar-refractivity contribution in [1.82, 2.24) is 19.2 Å². The van der Waals surface area contributed by atoms with Crippen molar-refractivity contribution < 1.29 is 18.7 Å². The number of pyridine rings is 1. The summed E-state index contributed by atoms with van der Waals surface area (Å²) in [6.45, 7) is 5.84. The summed E-state index contributed by atoms with van der Waals surface area (Å²) >= 11 is 6.59. The molecule has 2 aliphatic heterocycles. The second kappa shape index (κ2) is 11.1. The first-order valence-corrected chi connectivity index (χ1v) is 13.7. The maximum Gasteiger partial charge on any atom is 0.409 e. The summed E-state index contributed by atoms with van der Waals surface area (Å²) < 4.78 is 20.3. The zero-order valence-electron chi connectivity index (χ0n) is 21.4. The number of rotatable bonds is 5. The van der Waals surface area contributed by atoms with E-state index in [1.54, 1.807) is 42.3 Å². The number of thioether (sulfide) groups is 1. The summed E-state index contributed by atoms with van der Waals surface area (Å²) in [5, 5.41) is 0. The second-order valence-electron chi connectivity index (χ2n) is 9.11. The van der Waals surface area contributed by atoms with E-state index in [1.807, 2.05) is 17.9 Å². The predicted molar refractivity (Wildman–Crippen MR) is 152 cm³/mol. The highest BCUT2D eigenvalue weighted by Gasteiger charge is 2.33. The van der Waals surface area contributed by atoms with Crippen LogP contribution in [-0.2, 0) is 16.1 Å². The van der Waals surface area contributed by atoms with Gasteiger partial charge in [0, 0.05) is 32.4 Å². The second-order valence-corrected chi connectivity index (χ2v) is 10.8. The predicted octanol–water partition coefficient (Wildman–Crippen LogP) is 3.82. The normalized spacial score (nSPS) is 17.0. The summed E-state index contributed by atoms with van der Waals surface area (Å²) in [5.41, 5.74) is 2.04. The monoisotopic (exact) mass is 567 g/mol. The first kappa shape index (κ1) is 26.8. The van der Waals surface area contributed by atoms with E-state index >= 15 is 0 Å². The van der Waals surface area contributed by atoms with E-state index in [1.165, 1.54) is 21.4 Å². The van der Waals surface area contributed by atoms with Gasteiger partial charge in [-0.15, -0.1) is 0 Å². The van der Waals surface area contributed by atoms with Gasteiger partial charge in [0.2, 0.25) is 0 Å². The van der Waals surface area contributed by atoms with Crippen molar-refractivity contribution in [3.8, 4) is 0 Å². The van der Waals surface area contributed by atoms with Crippen LogP contribution in [0.25, 0.3) is 11.7 Å². The first-order chi connectivity index (χ1) is 18.8. The molecule has 0 aliphatic carbocycles. The molecule has 1 aromatic carbocycles. The van der Waals surface area contributed by atoms with Gasteiger partial charge in [-0.05, 0) is 49.2 Å². The third-order valence-electron chi connectivity index (χ3n) is 6.57. The van der Waals surface area contributed by atoms with Crippen LogP contribution in [0.15, 0.2) is 52.3 Å². The molecule has 12 heteroatoms. The van der Waals surface area contributed by atoms with Crippen molar-refractivity contribution in [3.05, 3.63) is 80.4 Å². The molecule has 0 N–H and O–H groups in total. The molecule has 39 heavy (non-hydrogen) atoms. The lowest BCUT2D eigenvalue weighted by Gasteiger charge is -2.35. The zero-order chi connectivity index (χ0) is 27.7. The molecular weight excluding hydrogens is 541 g/mol. The molecule has 2 aliphatic rings. The van der Waals surface area contributed by atoms with Crippen LogP contribution in [0.2, 0.25) is 0 Å². The van der Waals surface area contributed by atoms with E-state index in [-0.39, 0.29) is 35.5 Å². The molecule has 2 aromatic heterocycles. The maximum atomic E-state index is 13.7. The fourth-order valence-electron chi connectivity index (χ4n) is 4.52. The third-order valence-corrected chi connectivity index (χ3v) is 7.95. The van der Waals surface area contributed by atoms with Crippen LogP contribution >= 0.6 is 24.0 Å². The van der Waals surface area contributed by atoms with Gasteiger partial charge < -0.3 is 14.5 Å². The Morgan fingerprint density at radius 2 is 1.87 bits per heavy atom. The van der Waals surface area contributed by atoms with Gasteiger partial charge in [-0.2, -0.15) is 0 Å². The number of aromatic nitrogens is 2. The Labute approximate surface area is 233 Å². The SMILES string of the molecule is CCOC(=O)N1CCN(c2nc3c(C)cccn3c(=O)c2/C=C2\SC(=S)N(Cc3ccc(F)cc3)C2=O)CC1. The molecule has 2 amide bonds. The van der Waals surface area contributed by atoms with E-state index < -0.39 is 0 Å². The Morgan fingerprint density at radius 3 is 2.56 bits per heavy atom. The van der Waals surface area contributed by atoms with Gasteiger partial charge in [-0.1, -0.05) is 42.2 Å². The van der Waals surface area contributed by atoms with Crippen LogP contribution in [0.1, 0.15) is 23.6 Å². The molecule has 9 nitrogen and oxygen atoms in total. The molecule has 2 saturated heterocycles. The van der Waals surface area contributed by atoms with Gasteiger partial charge in [0.05, 0.1) is 23.6 Å². The molecular formula is C27H26FN5O4S2. The van der Waals surface area contributed by atoms with Crippen LogP contribution in [0.4, 0.5) is 15.0 Å². The molecule has 3 aromatic rings. The molecule has 4 heterocycles. The summed E-state index contributed by atoms with van der Waals surface area (Å²) in [4.78, 5) is 49.5. The first-order valence-electron chi connectivity index (χ1n) is 12.4. The summed E-state index contributed by atoms with van der Waals surface area (Å²) in [6.07, 6.45) is 2.84. The van der Waals surface area contributed by atoms with Crippen LogP contribution < -0.4 is 10.5 Å². The molecule has 0 bridgehead atoms. The number of fused-ring (bicyclic) bond motifs is 1. The van der Waals surface area contributed by atoms with Gasteiger partial charge >= 0.3 is 6.09 Å². The topological polar surface area (TPSA) is 87.5 Å². The lowest BCUT2D eigenvalue weighted by Crippen LogP contribution is -2.49. The van der Waals surface area contributed by atoms with Crippen molar-refractivity contribution in [2.75, 3.05) is 37.7 Å². The minimum Gasteiger partial charge on any atom is -0.450 e. The smallest absolute Gasteiger partial charge is 0.409 e. The lowest BCUT2D eigenvalue weighted by atomic mass is 10.2. The Morgan fingerprint density at radius 1 is 1.15 bits per heavy atom. The molecule has 2 fully saturated rings. The fraction of sp³-hybridized carbons (Fsp3) is 0.296. The van der Waals surface area contributed by atoms with Crippen LogP contribution in [0, 0.1) is 12.7 Å². The number of piperazine rings is 1. The van der Waals surface area contributed by atoms with E-state index in [2.05, 4.69) is 0 Å². The van der Waals surface area contributed by atoms with Crippen molar-refractivity contribution in [2.24, 2.45) is 0 Å². The number of amides is 2. The van der Waals surface area contributed by atoms with Gasteiger partial charge in [0.15, 0.2) is 0 Å². The highest BCUT2D eigenvalue weighted by molar-refractivity contribution is 8.26. The average Bonchev–Trinajstić information content (AvgIpc) is 3.19. The Balaban J connectivity index is 1.50. The highest BCUT2D eigenvalue weighted by atomic mass is 32.2. The number of anilines is 1. The fourth-order valence-corrected chi connectivity index (χ4v) is 5.76. The van der Waals surface area contributed by atoms with Crippen molar-refractivity contribution >= 4 is 57.8 Å². The number of halogens is 1. The highest BCUT2D eigenvalue weighted by Crippen LogP contribution is 2.34. The summed E-state index contributed by atoms with van der Waals surface area (Å²) in [6, 6.07) is 9.53. The molecule has 0 unspecified atom stereocenters. The van der Waals surface area contributed by atoms with E-state index in [9.17, 15) is 18.8 Å². The number of carbonyl (C=O) groups excluding carboxylic acids is 2. The number of benzene rings is 1. The van der Waals surface area contributed by atoms with E-state index in [0.717, 1.165) is 22.9 Å². The molecule has 0 radical (unpaired) electrons. The molecule has 5 rings (SSSR count). The number of carbonyl (C=O) groups is 2. The van der Waals surface area contributed by atoms with Crippen molar-refractivity contribution in [1.29, 1.82) is 0 Å². The summed E-state index contributed by atoms with van der Waals surface area (Å²) in [5.74, 6) is -0.248. The number of hydrogen-bond acceptors (Lipinski definition) is 8. The van der Waals surface area contributed by atoms with Gasteiger partial charge in [0.25, 0.3) is 11.5 Å². The number of hydrogen-bond donors (Lipinski definition) is 0. The zero-order valence-corrected chi connectivity index (χ0v) is 23.1. The standard InChI is InChI=1S/C27H26FN5O4S2/c1-3-37-26(36)31-13-11-30(12-14-31)23-20(24(34)32-10-4-5-17(2)22(32)29-23)15-21-25(35)33(27(38)39-21)16-18-6-8-19(28)9-7-18/h4-10,15H,3,11-14,16H2,1-2H3/b21-15-. The van der Waals surface area contributed by atoms with E-state index in [4.69, 9.17) is 21.9 Å². The van der Waals surface area contributed by atoms with Crippen molar-refractivity contribution in [3.63, 3.8) is 0 Å². The average molecular weight is 568 g/mol. The molecule has 202 valence electrons. The van der Waals surface area contributed by atoms with Crippen LogP contribution in [0.5, 0.6) is 0 Å². The minimum atomic E-state index is -0.371. The summed E-state index contributed by atoms with van der Waals surface area (Å²) in [7, 11) is 0. The van der Waals surface area contributed by atoms with Crippen LogP contribution in [-0.4, -0.2) is 68.3 Å². The number of nitrogens with zero attached hydrogens (tertiary/aromatic N) is 5. The van der Waals surface area contributed by atoms with Crippen molar-refractivity contribution in [2.45, 2.75) is 20.4 Å². The Hall–Kier alpha value is -3.77. The molecule has 0 atom stereocenters. The quantitative estimate of drug-likeness (QED) is 0.340. The van der Waals surface area contributed by atoms with Gasteiger partial charge in [-0.3, -0.25) is 18.9 Å². The van der Waals surface area contributed by atoms with Gasteiger partial charge in [0.1, 0.15) is 21.6 Å².